The number of ether oxygens (including phenoxy) is 1. The molecule has 1 aromatic rings. The number of alkyl halides is 3. The van der Waals surface area contributed by atoms with Gasteiger partial charge in [-0.25, -0.2) is 4.79 Å². The van der Waals surface area contributed by atoms with Crippen LogP contribution in [0.25, 0.3) is 0 Å². The van der Waals surface area contributed by atoms with Crippen LogP contribution in [0.1, 0.15) is 54.4 Å². The molecule has 0 unspecified atom stereocenters. The van der Waals surface area contributed by atoms with Crippen molar-refractivity contribution in [2.24, 2.45) is 0 Å². The van der Waals surface area contributed by atoms with Crippen molar-refractivity contribution in [3.63, 3.8) is 0 Å². The summed E-state index contributed by atoms with van der Waals surface area (Å²) in [6.07, 6.45) is 4.13. The maximum atomic E-state index is 13.0. The lowest BCUT2D eigenvalue weighted by atomic mass is 9.93. The Balaban J connectivity index is 1.51. The van der Waals surface area contributed by atoms with Gasteiger partial charge in [0.05, 0.1) is 35.9 Å². The van der Waals surface area contributed by atoms with E-state index in [0.717, 1.165) is 12.1 Å². The van der Waals surface area contributed by atoms with Gasteiger partial charge in [0.2, 0.25) is 5.91 Å². The van der Waals surface area contributed by atoms with Crippen molar-refractivity contribution in [2.45, 2.75) is 68.9 Å². The molecule has 0 spiro atoms. The minimum absolute atomic E-state index is 0.0448. The molecule has 2 aliphatic rings. The molecule has 0 radical (unpaired) electrons. The number of carbonyl (C=O) groups excluding carboxylic acids is 1. The topological polar surface area (TPSA) is 103 Å². The second-order valence-electron chi connectivity index (χ2n) is 8.19. The third-order valence-corrected chi connectivity index (χ3v) is 6.06. The first-order chi connectivity index (χ1) is 15.6. The van der Waals surface area contributed by atoms with Crippen molar-refractivity contribution >= 4 is 11.9 Å². The van der Waals surface area contributed by atoms with Crippen LogP contribution in [-0.2, 0) is 11.0 Å². The molecule has 2 atom stereocenters. The Morgan fingerprint density at radius 2 is 1.85 bits per heavy atom. The SMILES string of the molecule is C#C[C@H]1CC[C@@H](C#N)N1C(=O)CN[C@H]1CC[C@H](Oc2ccc(C(F)(F)F)c(C(=O)O)c2)CC1. The highest BCUT2D eigenvalue weighted by Gasteiger charge is 2.37. The molecule has 2 N–H and O–H groups in total. The van der Waals surface area contributed by atoms with Crippen molar-refractivity contribution in [3.05, 3.63) is 29.3 Å². The number of halogens is 3. The van der Waals surface area contributed by atoms with Gasteiger partial charge in [-0.05, 0) is 56.7 Å². The van der Waals surface area contributed by atoms with Gasteiger partial charge < -0.3 is 20.1 Å². The van der Waals surface area contributed by atoms with Gasteiger partial charge in [0.25, 0.3) is 0 Å². The van der Waals surface area contributed by atoms with Crippen molar-refractivity contribution < 1.29 is 32.6 Å². The lowest BCUT2D eigenvalue weighted by Gasteiger charge is -2.31. The summed E-state index contributed by atoms with van der Waals surface area (Å²) in [4.78, 5) is 25.3. The molecule has 0 bridgehead atoms. The molecule has 3 rings (SSSR count). The quantitative estimate of drug-likeness (QED) is 0.629. The number of aromatic carboxylic acids is 1. The molecule has 1 saturated carbocycles. The second kappa shape index (κ2) is 10.1. The molecule has 10 heteroatoms. The normalized spacial score (nSPS) is 25.2. The van der Waals surface area contributed by atoms with Crippen LogP contribution in [-0.4, -0.2) is 52.7 Å². The first-order valence-corrected chi connectivity index (χ1v) is 10.7. The molecular weight excluding hydrogens is 439 g/mol. The molecule has 2 fully saturated rings. The van der Waals surface area contributed by atoms with E-state index in [1.165, 1.54) is 4.90 Å². The van der Waals surface area contributed by atoms with E-state index in [-0.39, 0.29) is 36.4 Å². The van der Waals surface area contributed by atoms with E-state index >= 15 is 0 Å². The number of nitriles is 1. The van der Waals surface area contributed by atoms with Gasteiger partial charge in [-0.15, -0.1) is 6.42 Å². The molecule has 1 amide bonds. The molecule has 0 aromatic heterocycles. The first kappa shape index (κ1) is 24.4. The predicted molar refractivity (Wildman–Crippen MR) is 111 cm³/mol. The predicted octanol–water partition coefficient (Wildman–Crippen LogP) is 3.20. The zero-order valence-corrected chi connectivity index (χ0v) is 17.8. The number of benzene rings is 1. The third kappa shape index (κ3) is 5.77. The zero-order chi connectivity index (χ0) is 24.2. The van der Waals surface area contributed by atoms with Crippen LogP contribution in [0.4, 0.5) is 13.2 Å². The largest absolute Gasteiger partial charge is 0.490 e. The number of amides is 1. The number of nitrogens with one attached hydrogen (secondary N) is 1. The molecule has 1 saturated heterocycles. The minimum Gasteiger partial charge on any atom is -0.490 e. The van der Waals surface area contributed by atoms with E-state index in [1.807, 2.05) is 0 Å². The highest BCUT2D eigenvalue weighted by molar-refractivity contribution is 5.90. The number of likely N-dealkylation sites (tertiary alicyclic amines) is 1. The number of carbonyl (C=O) groups is 2. The number of carboxylic acid groups (broad SMARTS) is 1. The highest BCUT2D eigenvalue weighted by atomic mass is 19.4. The fourth-order valence-electron chi connectivity index (χ4n) is 4.37. The Labute approximate surface area is 189 Å². The summed E-state index contributed by atoms with van der Waals surface area (Å²) in [5.41, 5.74) is -2.07. The molecule has 1 aliphatic heterocycles. The van der Waals surface area contributed by atoms with Gasteiger partial charge in [-0.2, -0.15) is 18.4 Å². The van der Waals surface area contributed by atoms with Crippen LogP contribution in [0.15, 0.2) is 18.2 Å². The fourth-order valence-corrected chi connectivity index (χ4v) is 4.37. The Morgan fingerprint density at radius 3 is 2.42 bits per heavy atom. The van der Waals surface area contributed by atoms with Gasteiger partial charge in [-0.3, -0.25) is 4.79 Å². The Bertz CT molecular complexity index is 953. The van der Waals surface area contributed by atoms with Gasteiger partial charge >= 0.3 is 12.1 Å². The lowest BCUT2D eigenvalue weighted by molar-refractivity contribution is -0.138. The maximum absolute atomic E-state index is 13.0. The van der Waals surface area contributed by atoms with Crippen LogP contribution in [0.2, 0.25) is 0 Å². The number of rotatable bonds is 6. The van der Waals surface area contributed by atoms with Crippen molar-refractivity contribution in [3.8, 4) is 24.2 Å². The molecule has 1 aliphatic carbocycles. The highest BCUT2D eigenvalue weighted by Crippen LogP contribution is 2.34. The van der Waals surface area contributed by atoms with Gasteiger partial charge in [0.15, 0.2) is 0 Å². The van der Waals surface area contributed by atoms with Crippen molar-refractivity contribution in [1.82, 2.24) is 10.2 Å². The van der Waals surface area contributed by atoms with Gasteiger partial charge in [0.1, 0.15) is 11.8 Å². The molecule has 33 heavy (non-hydrogen) atoms. The van der Waals surface area contributed by atoms with Crippen LogP contribution >= 0.6 is 0 Å². The Kier molecular flexibility index (Phi) is 7.50. The average molecular weight is 463 g/mol. The number of hydrogen-bond acceptors (Lipinski definition) is 5. The monoisotopic (exact) mass is 463 g/mol. The zero-order valence-electron chi connectivity index (χ0n) is 17.8. The van der Waals surface area contributed by atoms with Crippen molar-refractivity contribution in [2.75, 3.05) is 6.54 Å². The fraction of sp³-hybridized carbons (Fsp3) is 0.522. The smallest absolute Gasteiger partial charge is 0.417 e. The number of hydrogen-bond donors (Lipinski definition) is 2. The van der Waals surface area contributed by atoms with E-state index < -0.39 is 29.3 Å². The number of nitrogens with zero attached hydrogens (tertiary/aromatic N) is 2. The standard InChI is InChI=1S/C23H24F3N3O4/c1-2-15-5-6-16(12-27)29(15)21(30)13-28-14-3-7-17(8-4-14)33-18-9-10-20(23(24,25)26)19(11-18)22(31)32/h1,9-11,14-17,28H,3-8,13H2,(H,31,32)/t14-,15-,16-,17-/m0/s1. The molecular formula is C23H24F3N3O4. The summed E-state index contributed by atoms with van der Waals surface area (Å²) < 4.78 is 44.7. The van der Waals surface area contributed by atoms with Crippen molar-refractivity contribution in [1.29, 1.82) is 5.26 Å². The molecule has 176 valence electrons. The Hall–Kier alpha value is -3.24. The minimum atomic E-state index is -4.77. The summed E-state index contributed by atoms with van der Waals surface area (Å²) in [5.74, 6) is 0.744. The van der Waals surface area contributed by atoms with Crippen LogP contribution in [0.5, 0.6) is 5.75 Å². The first-order valence-electron chi connectivity index (χ1n) is 10.7. The van der Waals surface area contributed by atoms with Crippen LogP contribution in [0, 0.1) is 23.7 Å². The molecule has 7 nitrogen and oxygen atoms in total. The summed E-state index contributed by atoms with van der Waals surface area (Å²) >= 11 is 0. The van der Waals surface area contributed by atoms with E-state index in [1.54, 1.807) is 0 Å². The summed E-state index contributed by atoms with van der Waals surface area (Å²) in [6, 6.07) is 4.02. The van der Waals surface area contributed by atoms with E-state index in [9.17, 15) is 28.0 Å². The van der Waals surface area contributed by atoms with E-state index in [4.69, 9.17) is 16.3 Å². The van der Waals surface area contributed by atoms with E-state index in [0.29, 0.717) is 44.6 Å². The Morgan fingerprint density at radius 1 is 1.18 bits per heavy atom. The summed E-state index contributed by atoms with van der Waals surface area (Å²) in [7, 11) is 0. The second-order valence-corrected chi connectivity index (χ2v) is 8.19. The molecule has 1 heterocycles. The summed E-state index contributed by atoms with van der Waals surface area (Å²) in [5, 5.41) is 21.5. The lowest BCUT2D eigenvalue weighted by Crippen LogP contribution is -2.47. The third-order valence-electron chi connectivity index (χ3n) is 6.06. The number of terminal acetylenes is 1. The van der Waals surface area contributed by atoms with Crippen LogP contribution < -0.4 is 10.1 Å². The van der Waals surface area contributed by atoms with Gasteiger partial charge in [0, 0.05) is 6.04 Å². The average Bonchev–Trinajstić information content (AvgIpc) is 3.21. The molecule has 1 aromatic carbocycles. The van der Waals surface area contributed by atoms with Gasteiger partial charge in [-0.1, -0.05) is 5.92 Å². The van der Waals surface area contributed by atoms with E-state index in [2.05, 4.69) is 17.3 Å². The maximum Gasteiger partial charge on any atom is 0.417 e. The van der Waals surface area contributed by atoms with Crippen LogP contribution in [0.3, 0.4) is 0 Å². The summed E-state index contributed by atoms with van der Waals surface area (Å²) in [6.45, 7) is 0.0629. The number of carboxylic acids is 1.